The zero-order valence-corrected chi connectivity index (χ0v) is 7.92. The van der Waals surface area contributed by atoms with Gasteiger partial charge in [-0.2, -0.15) is 0 Å². The summed E-state index contributed by atoms with van der Waals surface area (Å²) in [5.41, 5.74) is 0. The van der Waals surface area contributed by atoms with Crippen molar-refractivity contribution in [3.8, 4) is 0 Å². The molecular weight excluding hydrogens is 150 g/mol. The molecule has 1 aliphatic carbocycles. The van der Waals surface area contributed by atoms with Crippen molar-refractivity contribution in [3.05, 3.63) is 0 Å². The third kappa shape index (κ3) is 0.939. The van der Waals surface area contributed by atoms with Gasteiger partial charge in [0.15, 0.2) is 0 Å². The van der Waals surface area contributed by atoms with Crippen LogP contribution >= 0.6 is 0 Å². The van der Waals surface area contributed by atoms with E-state index in [0.29, 0.717) is 23.8 Å². The molecule has 68 valence electrons. The lowest BCUT2D eigenvalue weighted by Crippen LogP contribution is -2.66. The number of likely N-dealkylation sites (N-methyl/N-ethyl adjacent to an activating group) is 1. The third-order valence-corrected chi connectivity index (χ3v) is 3.56. The second-order valence-electron chi connectivity index (χ2n) is 4.04. The molecule has 0 radical (unpaired) electrons. The van der Waals surface area contributed by atoms with Crippen LogP contribution in [0.1, 0.15) is 33.1 Å². The molecule has 0 bridgehead atoms. The minimum Gasteiger partial charge on any atom is -0.298 e. The van der Waals surface area contributed by atoms with Crippen LogP contribution in [-0.4, -0.2) is 29.3 Å². The van der Waals surface area contributed by atoms with Crippen molar-refractivity contribution in [3.63, 3.8) is 0 Å². The van der Waals surface area contributed by atoms with Crippen molar-refractivity contribution < 1.29 is 4.79 Å². The molecule has 2 heteroatoms. The summed E-state index contributed by atoms with van der Waals surface area (Å²) in [4.78, 5) is 13.9. The summed E-state index contributed by atoms with van der Waals surface area (Å²) >= 11 is 0. The van der Waals surface area contributed by atoms with Crippen LogP contribution in [0.25, 0.3) is 0 Å². The molecule has 2 fully saturated rings. The molecule has 1 saturated carbocycles. The average molecular weight is 167 g/mol. The minimum atomic E-state index is 0.304. The predicted molar refractivity (Wildman–Crippen MR) is 48.0 cm³/mol. The highest BCUT2D eigenvalue weighted by molar-refractivity contribution is 5.86. The molecule has 12 heavy (non-hydrogen) atoms. The lowest BCUT2D eigenvalue weighted by molar-refractivity contribution is -0.144. The molecule has 0 amide bonds. The Balaban J connectivity index is 2.09. The van der Waals surface area contributed by atoms with Gasteiger partial charge in [-0.3, -0.25) is 9.69 Å². The third-order valence-electron chi connectivity index (χ3n) is 3.56. The van der Waals surface area contributed by atoms with Crippen molar-refractivity contribution in [2.45, 2.75) is 45.2 Å². The normalized spacial score (nSPS) is 42.2. The number of likely N-dealkylation sites (tertiary alicyclic amines) is 1. The van der Waals surface area contributed by atoms with E-state index >= 15 is 0 Å². The van der Waals surface area contributed by atoms with Gasteiger partial charge in [-0.05, 0) is 32.2 Å². The Labute approximate surface area is 73.9 Å². The zero-order chi connectivity index (χ0) is 8.72. The standard InChI is InChI=1S/C10H17NO/c1-3-11-7(2)8-5-4-6-9(12)10(8)11/h7-8,10H,3-6H2,1-2H3/t7-,8-,10+/m0/s1. The molecule has 3 atom stereocenters. The fourth-order valence-corrected chi connectivity index (χ4v) is 2.87. The fraction of sp³-hybridized carbons (Fsp3) is 0.900. The Morgan fingerprint density at radius 1 is 1.58 bits per heavy atom. The summed E-state index contributed by atoms with van der Waals surface area (Å²) in [6.07, 6.45) is 3.22. The van der Waals surface area contributed by atoms with Crippen LogP contribution in [0.15, 0.2) is 0 Å². The SMILES string of the molecule is CCN1[C@@H](C)[C@@H]2CCCC(=O)[C@@H]21. The highest BCUT2D eigenvalue weighted by atomic mass is 16.1. The molecule has 1 saturated heterocycles. The van der Waals surface area contributed by atoms with Gasteiger partial charge in [-0.1, -0.05) is 6.92 Å². The molecule has 2 rings (SSSR count). The van der Waals surface area contributed by atoms with E-state index < -0.39 is 0 Å². The van der Waals surface area contributed by atoms with Gasteiger partial charge in [-0.15, -0.1) is 0 Å². The number of ketones is 1. The topological polar surface area (TPSA) is 20.3 Å². The number of Topliss-reactive ketones (excluding diaryl/α,β-unsaturated/α-hetero) is 1. The first-order valence-electron chi connectivity index (χ1n) is 5.04. The quantitative estimate of drug-likeness (QED) is 0.589. The molecule has 2 nitrogen and oxygen atoms in total. The second-order valence-corrected chi connectivity index (χ2v) is 4.04. The largest absolute Gasteiger partial charge is 0.298 e. The molecule has 1 heterocycles. The summed E-state index contributed by atoms with van der Waals surface area (Å²) in [6.45, 7) is 5.44. The fourth-order valence-electron chi connectivity index (χ4n) is 2.87. The summed E-state index contributed by atoms with van der Waals surface area (Å²) < 4.78 is 0. The molecule has 0 aromatic rings. The number of carbonyl (C=O) groups excluding carboxylic acids is 1. The Morgan fingerprint density at radius 3 is 3.00 bits per heavy atom. The number of carbonyl (C=O) groups is 1. The van der Waals surface area contributed by atoms with Crippen LogP contribution in [0.4, 0.5) is 0 Å². The highest BCUT2D eigenvalue weighted by Crippen LogP contribution is 2.40. The van der Waals surface area contributed by atoms with E-state index in [1.165, 1.54) is 6.42 Å². The van der Waals surface area contributed by atoms with Gasteiger partial charge in [-0.25, -0.2) is 0 Å². The smallest absolute Gasteiger partial charge is 0.150 e. The van der Waals surface area contributed by atoms with Crippen LogP contribution in [0.3, 0.4) is 0 Å². The Bertz CT molecular complexity index is 196. The highest BCUT2D eigenvalue weighted by Gasteiger charge is 2.49. The van der Waals surface area contributed by atoms with E-state index in [1.54, 1.807) is 0 Å². The number of fused-ring (bicyclic) bond motifs is 1. The zero-order valence-electron chi connectivity index (χ0n) is 7.92. The Kier molecular flexibility index (Phi) is 1.95. The van der Waals surface area contributed by atoms with E-state index in [9.17, 15) is 4.79 Å². The molecule has 0 aromatic carbocycles. The molecule has 2 aliphatic rings. The summed E-state index contributed by atoms with van der Waals surface area (Å²) in [5.74, 6) is 1.18. The molecule has 0 aromatic heterocycles. The van der Waals surface area contributed by atoms with Crippen molar-refractivity contribution in [2.75, 3.05) is 6.54 Å². The predicted octanol–water partition coefficient (Wildman–Crippen LogP) is 1.45. The van der Waals surface area contributed by atoms with Crippen molar-refractivity contribution in [1.82, 2.24) is 4.90 Å². The van der Waals surface area contributed by atoms with Gasteiger partial charge in [0.2, 0.25) is 0 Å². The molecule has 0 N–H and O–H groups in total. The first-order chi connectivity index (χ1) is 5.75. The second kappa shape index (κ2) is 2.84. The van der Waals surface area contributed by atoms with Crippen molar-refractivity contribution in [2.24, 2.45) is 5.92 Å². The number of hydrogen-bond donors (Lipinski definition) is 0. The molecule has 1 aliphatic heterocycles. The van der Waals surface area contributed by atoms with Gasteiger partial charge in [0, 0.05) is 12.5 Å². The van der Waals surface area contributed by atoms with Crippen LogP contribution in [0.5, 0.6) is 0 Å². The van der Waals surface area contributed by atoms with Crippen molar-refractivity contribution in [1.29, 1.82) is 0 Å². The van der Waals surface area contributed by atoms with Gasteiger partial charge >= 0.3 is 0 Å². The lowest BCUT2D eigenvalue weighted by atomic mass is 9.71. The maximum Gasteiger partial charge on any atom is 0.150 e. The number of rotatable bonds is 1. The molecule has 0 spiro atoms. The first-order valence-corrected chi connectivity index (χ1v) is 5.04. The van der Waals surface area contributed by atoms with Crippen LogP contribution in [-0.2, 0) is 4.79 Å². The lowest BCUT2D eigenvalue weighted by Gasteiger charge is -2.55. The summed E-state index contributed by atoms with van der Waals surface area (Å²) in [6, 6.07) is 0.961. The summed E-state index contributed by atoms with van der Waals surface area (Å²) in [7, 11) is 0. The van der Waals surface area contributed by atoms with Gasteiger partial charge in [0.05, 0.1) is 6.04 Å². The minimum absolute atomic E-state index is 0.304. The Hall–Kier alpha value is -0.370. The number of nitrogens with zero attached hydrogens (tertiary/aromatic N) is 1. The molecule has 0 unspecified atom stereocenters. The van der Waals surface area contributed by atoms with Gasteiger partial charge in [0.1, 0.15) is 5.78 Å². The van der Waals surface area contributed by atoms with E-state index in [1.807, 2.05) is 0 Å². The van der Waals surface area contributed by atoms with E-state index in [-0.39, 0.29) is 0 Å². The van der Waals surface area contributed by atoms with Crippen LogP contribution in [0, 0.1) is 5.92 Å². The van der Waals surface area contributed by atoms with Crippen LogP contribution in [0.2, 0.25) is 0 Å². The van der Waals surface area contributed by atoms with E-state index in [0.717, 1.165) is 19.4 Å². The molecular formula is C10H17NO. The maximum atomic E-state index is 11.5. The average Bonchev–Trinajstić information content (AvgIpc) is 2.07. The van der Waals surface area contributed by atoms with E-state index in [2.05, 4.69) is 18.7 Å². The van der Waals surface area contributed by atoms with E-state index in [4.69, 9.17) is 0 Å². The van der Waals surface area contributed by atoms with Crippen LogP contribution < -0.4 is 0 Å². The maximum absolute atomic E-state index is 11.5. The summed E-state index contributed by atoms with van der Waals surface area (Å²) in [5, 5.41) is 0. The van der Waals surface area contributed by atoms with Gasteiger partial charge < -0.3 is 0 Å². The van der Waals surface area contributed by atoms with Crippen molar-refractivity contribution >= 4 is 5.78 Å². The van der Waals surface area contributed by atoms with Gasteiger partial charge in [0.25, 0.3) is 0 Å². The number of hydrogen-bond acceptors (Lipinski definition) is 2. The monoisotopic (exact) mass is 167 g/mol. The Morgan fingerprint density at radius 2 is 2.33 bits per heavy atom. The first kappa shape index (κ1) is 8.24.